The summed E-state index contributed by atoms with van der Waals surface area (Å²) in [5, 5.41) is 1.66. The van der Waals surface area contributed by atoms with E-state index in [4.69, 9.17) is 0 Å². The van der Waals surface area contributed by atoms with Gasteiger partial charge in [0, 0.05) is 10.3 Å². The average molecular weight is 270 g/mol. The van der Waals surface area contributed by atoms with Crippen LogP contribution in [0, 0.1) is 17.2 Å². The van der Waals surface area contributed by atoms with Gasteiger partial charge in [-0.2, -0.15) is 11.8 Å². The second-order valence-electron chi connectivity index (χ2n) is 5.60. The van der Waals surface area contributed by atoms with Crippen molar-refractivity contribution in [3.63, 3.8) is 0 Å². The Morgan fingerprint density at radius 3 is 2.41 bits per heavy atom. The third kappa shape index (κ3) is 3.19. The van der Waals surface area contributed by atoms with E-state index in [2.05, 4.69) is 20.8 Å². The van der Waals surface area contributed by atoms with E-state index in [-0.39, 0.29) is 5.82 Å². The average Bonchev–Trinajstić information content (AvgIpc) is 2.29. The number of thioether (sulfide) groups is 2. The number of hydrogen-bond donors (Lipinski definition) is 0. The molecule has 17 heavy (non-hydrogen) atoms. The minimum atomic E-state index is -0.142. The predicted octanol–water partition coefficient (Wildman–Crippen LogP) is 4.97. The molecule has 3 heteroatoms. The molecule has 0 N–H and O–H groups in total. The Labute approximate surface area is 112 Å². The maximum atomic E-state index is 13.0. The molecule has 1 aliphatic heterocycles. The number of benzene rings is 1. The summed E-state index contributed by atoms with van der Waals surface area (Å²) < 4.78 is 13.0. The van der Waals surface area contributed by atoms with Gasteiger partial charge in [-0.05, 0) is 34.8 Å². The van der Waals surface area contributed by atoms with Crippen LogP contribution in [0.5, 0.6) is 0 Å². The molecule has 1 saturated heterocycles. The zero-order valence-corrected chi connectivity index (χ0v) is 12.2. The number of halogens is 1. The summed E-state index contributed by atoms with van der Waals surface area (Å²) in [5.41, 5.74) is 1.58. The van der Waals surface area contributed by atoms with Gasteiger partial charge >= 0.3 is 0 Å². The molecule has 2 rings (SSSR count). The topological polar surface area (TPSA) is 0 Å². The van der Waals surface area contributed by atoms with E-state index in [0.717, 1.165) is 5.08 Å². The zero-order valence-electron chi connectivity index (χ0n) is 10.6. The van der Waals surface area contributed by atoms with Gasteiger partial charge in [0.15, 0.2) is 0 Å². The van der Waals surface area contributed by atoms with Crippen LogP contribution in [-0.4, -0.2) is 10.8 Å². The van der Waals surface area contributed by atoms with Crippen molar-refractivity contribution < 1.29 is 4.39 Å². The van der Waals surface area contributed by atoms with Crippen molar-refractivity contribution in [1.29, 1.82) is 0 Å². The fourth-order valence-electron chi connectivity index (χ4n) is 2.19. The van der Waals surface area contributed by atoms with Crippen molar-refractivity contribution in [3.8, 4) is 0 Å². The Morgan fingerprint density at radius 1 is 1.18 bits per heavy atom. The van der Waals surface area contributed by atoms with Gasteiger partial charge in [0.25, 0.3) is 0 Å². The quantitative estimate of drug-likeness (QED) is 0.707. The molecule has 2 unspecified atom stereocenters. The molecule has 94 valence electrons. The first-order chi connectivity index (χ1) is 7.98. The lowest BCUT2D eigenvalue weighted by atomic mass is 9.78. The molecule has 0 radical (unpaired) electrons. The van der Waals surface area contributed by atoms with Crippen LogP contribution < -0.4 is 0 Å². The summed E-state index contributed by atoms with van der Waals surface area (Å²) >= 11 is 4.02. The highest BCUT2D eigenvalue weighted by Crippen LogP contribution is 2.50. The maximum Gasteiger partial charge on any atom is 0.123 e. The van der Waals surface area contributed by atoms with Gasteiger partial charge in [0.05, 0.1) is 0 Å². The molecule has 2 atom stereocenters. The first kappa shape index (κ1) is 13.3. The van der Waals surface area contributed by atoms with Crippen LogP contribution >= 0.6 is 23.5 Å². The Kier molecular flexibility index (Phi) is 4.09. The van der Waals surface area contributed by atoms with Crippen LogP contribution in [0.3, 0.4) is 0 Å². The molecule has 0 saturated carbocycles. The molecule has 0 spiro atoms. The summed E-state index contributed by atoms with van der Waals surface area (Å²) in [4.78, 5) is 0. The smallest absolute Gasteiger partial charge is 0.123 e. The monoisotopic (exact) mass is 270 g/mol. The normalized spacial score (nSPS) is 25.9. The van der Waals surface area contributed by atoms with Gasteiger partial charge in [-0.3, -0.25) is 0 Å². The van der Waals surface area contributed by atoms with Crippen LogP contribution in [0.2, 0.25) is 0 Å². The van der Waals surface area contributed by atoms with Gasteiger partial charge in [0.1, 0.15) is 5.82 Å². The van der Waals surface area contributed by atoms with Crippen molar-refractivity contribution in [2.75, 3.05) is 10.8 Å². The first-order valence-corrected chi connectivity index (χ1v) is 8.13. The van der Waals surface area contributed by atoms with E-state index in [1.54, 1.807) is 12.1 Å². The molecular weight excluding hydrogens is 251 g/mol. The second-order valence-corrected chi connectivity index (χ2v) is 8.13. The number of hydrogen-bond acceptors (Lipinski definition) is 2. The van der Waals surface area contributed by atoms with Gasteiger partial charge in [-0.15, -0.1) is 11.8 Å². The summed E-state index contributed by atoms with van der Waals surface area (Å²) in [6.45, 7) is 6.92. The van der Waals surface area contributed by atoms with Crippen LogP contribution in [0.15, 0.2) is 24.3 Å². The summed E-state index contributed by atoms with van der Waals surface area (Å²) in [7, 11) is 0. The molecule has 1 aromatic carbocycles. The van der Waals surface area contributed by atoms with E-state index < -0.39 is 0 Å². The molecule has 1 fully saturated rings. The SMILES string of the molecule is CC(C)(C)C1CSCSC1c1ccc(F)cc1. The first-order valence-electron chi connectivity index (χ1n) is 5.93. The highest BCUT2D eigenvalue weighted by molar-refractivity contribution is 8.16. The van der Waals surface area contributed by atoms with Crippen LogP contribution in [-0.2, 0) is 0 Å². The van der Waals surface area contributed by atoms with Crippen LogP contribution in [0.4, 0.5) is 4.39 Å². The molecule has 1 aliphatic rings. The zero-order chi connectivity index (χ0) is 12.5. The molecule has 0 amide bonds. The van der Waals surface area contributed by atoms with Crippen LogP contribution in [0.25, 0.3) is 0 Å². The summed E-state index contributed by atoms with van der Waals surface area (Å²) in [6.07, 6.45) is 0. The fraction of sp³-hybridized carbons (Fsp3) is 0.571. The lowest BCUT2D eigenvalue weighted by Gasteiger charge is -2.40. The summed E-state index contributed by atoms with van der Waals surface area (Å²) in [6, 6.07) is 7.05. The third-order valence-corrected chi connectivity index (χ3v) is 6.07. The Hall–Kier alpha value is -0.150. The van der Waals surface area contributed by atoms with E-state index >= 15 is 0 Å². The highest BCUT2D eigenvalue weighted by Gasteiger charge is 2.35. The van der Waals surface area contributed by atoms with E-state index in [1.165, 1.54) is 11.3 Å². The second kappa shape index (κ2) is 5.23. The van der Waals surface area contributed by atoms with Crippen molar-refractivity contribution in [2.45, 2.75) is 26.0 Å². The van der Waals surface area contributed by atoms with E-state index in [9.17, 15) is 4.39 Å². The lowest BCUT2D eigenvalue weighted by Crippen LogP contribution is -2.30. The highest BCUT2D eigenvalue weighted by atomic mass is 32.2. The lowest BCUT2D eigenvalue weighted by molar-refractivity contribution is 0.260. The molecule has 0 bridgehead atoms. The molecule has 0 aliphatic carbocycles. The Morgan fingerprint density at radius 2 is 1.82 bits per heavy atom. The van der Waals surface area contributed by atoms with Crippen molar-refractivity contribution in [2.24, 2.45) is 11.3 Å². The van der Waals surface area contributed by atoms with Crippen molar-refractivity contribution in [1.82, 2.24) is 0 Å². The Bertz CT molecular complexity index is 367. The van der Waals surface area contributed by atoms with Crippen LogP contribution in [0.1, 0.15) is 31.6 Å². The van der Waals surface area contributed by atoms with Gasteiger partial charge in [-0.25, -0.2) is 4.39 Å². The molecule has 1 aromatic rings. The summed E-state index contributed by atoms with van der Waals surface area (Å²) in [5.74, 6) is 1.71. The predicted molar refractivity (Wildman–Crippen MR) is 77.0 cm³/mol. The minimum Gasteiger partial charge on any atom is -0.207 e. The molecular formula is C14H19FS2. The van der Waals surface area contributed by atoms with E-state index in [1.807, 2.05) is 35.7 Å². The van der Waals surface area contributed by atoms with E-state index in [0.29, 0.717) is 16.6 Å². The fourth-order valence-corrected chi connectivity index (χ4v) is 5.70. The van der Waals surface area contributed by atoms with Crippen molar-refractivity contribution >= 4 is 23.5 Å². The van der Waals surface area contributed by atoms with Gasteiger partial charge < -0.3 is 0 Å². The molecule has 1 heterocycles. The van der Waals surface area contributed by atoms with Gasteiger partial charge in [0.2, 0.25) is 0 Å². The third-order valence-electron chi connectivity index (χ3n) is 3.30. The largest absolute Gasteiger partial charge is 0.207 e. The molecule has 0 aromatic heterocycles. The minimum absolute atomic E-state index is 0.142. The van der Waals surface area contributed by atoms with Gasteiger partial charge in [-0.1, -0.05) is 32.9 Å². The Balaban J connectivity index is 2.25. The number of rotatable bonds is 1. The maximum absolute atomic E-state index is 13.0. The standard InChI is InChI=1S/C14H19FS2/c1-14(2,3)12-8-16-9-17-13(12)10-4-6-11(15)7-5-10/h4-7,12-13H,8-9H2,1-3H3. The molecule has 0 nitrogen and oxygen atoms in total. The van der Waals surface area contributed by atoms with Crippen molar-refractivity contribution in [3.05, 3.63) is 35.6 Å².